The number of carbonyl (C=O) groups is 1. The van der Waals surface area contributed by atoms with E-state index in [0.717, 1.165) is 5.56 Å². The van der Waals surface area contributed by atoms with Crippen molar-refractivity contribution in [1.82, 2.24) is 5.32 Å². The van der Waals surface area contributed by atoms with Crippen LogP contribution < -0.4 is 5.32 Å². The zero-order valence-electron chi connectivity index (χ0n) is 9.02. The van der Waals surface area contributed by atoms with Gasteiger partial charge in [-0.15, -0.1) is 6.58 Å². The van der Waals surface area contributed by atoms with Crippen molar-refractivity contribution < 1.29 is 4.79 Å². The zero-order valence-corrected chi connectivity index (χ0v) is 9.02. The van der Waals surface area contributed by atoms with Crippen LogP contribution in [-0.4, -0.2) is 18.5 Å². The molecule has 1 atom stereocenters. The van der Waals surface area contributed by atoms with Gasteiger partial charge in [0.05, 0.1) is 6.42 Å². The van der Waals surface area contributed by atoms with Crippen LogP contribution >= 0.6 is 0 Å². The molecular formula is C13H14N2O. The topological polar surface area (TPSA) is 33.5 Å². The molecule has 82 valence electrons. The lowest BCUT2D eigenvalue weighted by molar-refractivity contribution is -0.121. The van der Waals surface area contributed by atoms with Gasteiger partial charge in [-0.2, -0.15) is 0 Å². The standard InChI is InChI=1S/C13H14N2O/c1-3-9-15-13(16)12(14-2)10-11-7-5-4-6-8-11/h3-8,12H,1,9-10H2,(H,15,16)/t12-/m1/s1. The first-order valence-corrected chi connectivity index (χ1v) is 5.07. The van der Waals surface area contributed by atoms with E-state index in [-0.39, 0.29) is 5.91 Å². The first-order chi connectivity index (χ1) is 7.77. The average molecular weight is 214 g/mol. The van der Waals surface area contributed by atoms with Crippen molar-refractivity contribution in [3.8, 4) is 0 Å². The third kappa shape index (κ3) is 3.58. The zero-order chi connectivity index (χ0) is 11.8. The highest BCUT2D eigenvalue weighted by Crippen LogP contribution is 2.05. The molecule has 0 spiro atoms. The largest absolute Gasteiger partial charge is 0.346 e. The quantitative estimate of drug-likeness (QED) is 0.588. The maximum Gasteiger partial charge on any atom is 0.304 e. The molecule has 3 heteroatoms. The Morgan fingerprint density at radius 3 is 2.75 bits per heavy atom. The van der Waals surface area contributed by atoms with Gasteiger partial charge in [-0.25, -0.2) is 6.57 Å². The van der Waals surface area contributed by atoms with Crippen LogP contribution in [0.5, 0.6) is 0 Å². The molecule has 0 saturated heterocycles. The molecule has 0 aromatic heterocycles. The van der Waals surface area contributed by atoms with Crippen molar-refractivity contribution in [2.45, 2.75) is 12.5 Å². The van der Waals surface area contributed by atoms with E-state index in [1.807, 2.05) is 30.3 Å². The Balaban J connectivity index is 2.59. The van der Waals surface area contributed by atoms with Crippen molar-refractivity contribution in [2.24, 2.45) is 0 Å². The number of hydrogen-bond donors (Lipinski definition) is 1. The number of amides is 1. The molecule has 0 fully saturated rings. The van der Waals surface area contributed by atoms with E-state index >= 15 is 0 Å². The van der Waals surface area contributed by atoms with Crippen molar-refractivity contribution in [3.05, 3.63) is 60.0 Å². The number of nitrogens with zero attached hydrogens (tertiary/aromatic N) is 1. The number of nitrogens with one attached hydrogen (secondary N) is 1. The monoisotopic (exact) mass is 214 g/mol. The molecule has 0 aliphatic rings. The highest BCUT2D eigenvalue weighted by atomic mass is 16.2. The summed E-state index contributed by atoms with van der Waals surface area (Å²) in [4.78, 5) is 14.9. The lowest BCUT2D eigenvalue weighted by Gasteiger charge is -2.05. The van der Waals surface area contributed by atoms with Gasteiger partial charge in [0, 0.05) is 6.54 Å². The van der Waals surface area contributed by atoms with Crippen LogP contribution in [0.25, 0.3) is 4.85 Å². The van der Waals surface area contributed by atoms with Gasteiger partial charge >= 0.3 is 11.9 Å². The molecule has 1 rings (SSSR count). The number of benzene rings is 1. The van der Waals surface area contributed by atoms with E-state index in [4.69, 9.17) is 6.57 Å². The Kier molecular flexibility index (Phi) is 4.81. The van der Waals surface area contributed by atoms with Crippen molar-refractivity contribution >= 4 is 5.91 Å². The second kappa shape index (κ2) is 6.41. The smallest absolute Gasteiger partial charge is 0.304 e. The third-order valence-electron chi connectivity index (χ3n) is 2.15. The molecule has 0 aliphatic carbocycles. The van der Waals surface area contributed by atoms with Crippen molar-refractivity contribution in [3.63, 3.8) is 0 Å². The van der Waals surface area contributed by atoms with Crippen molar-refractivity contribution in [2.75, 3.05) is 6.54 Å². The van der Waals surface area contributed by atoms with Gasteiger partial charge in [-0.3, -0.25) is 4.79 Å². The van der Waals surface area contributed by atoms with E-state index in [2.05, 4.69) is 16.7 Å². The molecule has 0 aliphatic heterocycles. The summed E-state index contributed by atoms with van der Waals surface area (Å²) in [5.41, 5.74) is 0.997. The number of carbonyl (C=O) groups excluding carboxylic acids is 1. The molecule has 1 N–H and O–H groups in total. The average Bonchev–Trinajstić information content (AvgIpc) is 2.34. The maximum atomic E-state index is 11.6. The number of rotatable bonds is 5. The minimum absolute atomic E-state index is 0.237. The highest BCUT2D eigenvalue weighted by molar-refractivity contribution is 5.83. The molecule has 16 heavy (non-hydrogen) atoms. The van der Waals surface area contributed by atoms with Crippen LogP contribution in [0.3, 0.4) is 0 Å². The molecule has 0 radical (unpaired) electrons. The lowest BCUT2D eigenvalue weighted by atomic mass is 10.1. The predicted octanol–water partition coefficient (Wildman–Crippen LogP) is 1.82. The van der Waals surface area contributed by atoms with Crippen LogP contribution in [0, 0.1) is 6.57 Å². The fraction of sp³-hybridized carbons (Fsp3) is 0.231. The summed E-state index contributed by atoms with van der Waals surface area (Å²) < 4.78 is 0. The maximum absolute atomic E-state index is 11.6. The van der Waals surface area contributed by atoms with Gasteiger partial charge < -0.3 is 10.2 Å². The van der Waals surface area contributed by atoms with Crippen molar-refractivity contribution in [1.29, 1.82) is 0 Å². The molecule has 0 heterocycles. The van der Waals surface area contributed by atoms with Crippen LogP contribution in [0.15, 0.2) is 43.0 Å². The summed E-state index contributed by atoms with van der Waals surface area (Å²) in [7, 11) is 0. The summed E-state index contributed by atoms with van der Waals surface area (Å²) in [5, 5.41) is 2.63. The summed E-state index contributed by atoms with van der Waals surface area (Å²) in [6.07, 6.45) is 2.05. The molecule has 0 unspecified atom stereocenters. The second-order valence-electron chi connectivity index (χ2n) is 3.37. The van der Waals surface area contributed by atoms with Crippen LogP contribution in [-0.2, 0) is 11.2 Å². The predicted molar refractivity (Wildman–Crippen MR) is 63.7 cm³/mol. The lowest BCUT2D eigenvalue weighted by Crippen LogP contribution is -2.34. The molecule has 1 aromatic rings. The van der Waals surface area contributed by atoms with Gasteiger partial charge in [-0.05, 0) is 5.56 Å². The van der Waals surface area contributed by atoms with Gasteiger partial charge in [0.1, 0.15) is 0 Å². The normalized spacial score (nSPS) is 11.2. The summed E-state index contributed by atoms with van der Waals surface area (Å²) in [5.74, 6) is -0.237. The van der Waals surface area contributed by atoms with E-state index < -0.39 is 6.04 Å². The van der Waals surface area contributed by atoms with Crippen LogP contribution in [0.4, 0.5) is 0 Å². The van der Waals surface area contributed by atoms with Gasteiger partial charge in [-0.1, -0.05) is 36.4 Å². The minimum atomic E-state index is -0.651. The Morgan fingerprint density at radius 1 is 1.50 bits per heavy atom. The highest BCUT2D eigenvalue weighted by Gasteiger charge is 2.22. The molecule has 3 nitrogen and oxygen atoms in total. The number of hydrogen-bond acceptors (Lipinski definition) is 1. The fourth-order valence-corrected chi connectivity index (χ4v) is 1.32. The first kappa shape index (κ1) is 12.0. The Morgan fingerprint density at radius 2 is 2.19 bits per heavy atom. The van der Waals surface area contributed by atoms with E-state index in [0.29, 0.717) is 13.0 Å². The SMILES string of the molecule is [C-]#[N+][C@H](Cc1ccccc1)C(=O)NCC=C. The third-order valence-corrected chi connectivity index (χ3v) is 2.15. The van der Waals surface area contributed by atoms with E-state index in [1.54, 1.807) is 6.08 Å². The summed E-state index contributed by atoms with van der Waals surface area (Å²) in [6.45, 7) is 10.9. The van der Waals surface area contributed by atoms with Crippen LogP contribution in [0.2, 0.25) is 0 Å². The molecule has 0 saturated carbocycles. The first-order valence-electron chi connectivity index (χ1n) is 5.07. The summed E-state index contributed by atoms with van der Waals surface area (Å²) >= 11 is 0. The van der Waals surface area contributed by atoms with Gasteiger partial charge in [0.25, 0.3) is 0 Å². The van der Waals surface area contributed by atoms with Crippen LogP contribution in [0.1, 0.15) is 5.56 Å². The molecule has 1 amide bonds. The fourth-order valence-electron chi connectivity index (χ4n) is 1.32. The Hall–Kier alpha value is -2.08. The van der Waals surface area contributed by atoms with E-state index in [1.165, 1.54) is 0 Å². The molecule has 0 bridgehead atoms. The molecular weight excluding hydrogens is 200 g/mol. The second-order valence-corrected chi connectivity index (χ2v) is 3.37. The minimum Gasteiger partial charge on any atom is -0.346 e. The Labute approximate surface area is 95.6 Å². The Bertz CT molecular complexity index is 392. The molecule has 1 aromatic carbocycles. The van der Waals surface area contributed by atoms with Gasteiger partial charge in [0.2, 0.25) is 0 Å². The van der Waals surface area contributed by atoms with Gasteiger partial charge in [0.15, 0.2) is 0 Å². The summed E-state index contributed by atoms with van der Waals surface area (Å²) in [6, 6.07) is 8.89. The van der Waals surface area contributed by atoms with E-state index in [9.17, 15) is 4.79 Å².